The van der Waals surface area contributed by atoms with Crippen LogP contribution in [-0.4, -0.2) is 59.6 Å². The number of H-pyrrole nitrogens is 1. The average molecular weight is 291 g/mol. The molecule has 1 aromatic heterocycles. The Balaban J connectivity index is 1.75. The van der Waals surface area contributed by atoms with Crippen molar-refractivity contribution >= 4 is 11.8 Å². The molecule has 1 aliphatic carbocycles. The molecule has 7 nitrogen and oxygen atoms in total. The molecule has 1 fully saturated rings. The third kappa shape index (κ3) is 2.65. The highest BCUT2D eigenvalue weighted by Gasteiger charge is 2.31. The molecule has 2 aliphatic rings. The lowest BCUT2D eigenvalue weighted by molar-refractivity contribution is -0.123. The molecule has 7 heteroatoms. The number of hydrogen-bond acceptors (Lipinski definition) is 4. The highest BCUT2D eigenvalue weighted by Crippen LogP contribution is 2.23. The van der Waals surface area contributed by atoms with Crippen LogP contribution in [0.3, 0.4) is 0 Å². The number of nitrogens with one attached hydrogen (secondary N) is 3. The van der Waals surface area contributed by atoms with Gasteiger partial charge in [0.1, 0.15) is 6.04 Å². The molecule has 1 atom stereocenters. The molecule has 1 aromatic rings. The second-order valence-corrected chi connectivity index (χ2v) is 5.61. The van der Waals surface area contributed by atoms with Crippen molar-refractivity contribution in [3.63, 3.8) is 0 Å². The van der Waals surface area contributed by atoms with E-state index in [2.05, 4.69) is 20.8 Å². The lowest BCUT2D eigenvalue weighted by Gasteiger charge is -2.32. The van der Waals surface area contributed by atoms with E-state index in [0.29, 0.717) is 25.3 Å². The van der Waals surface area contributed by atoms with Gasteiger partial charge in [-0.3, -0.25) is 14.7 Å². The molecule has 0 bridgehead atoms. The minimum Gasteiger partial charge on any atom is -0.358 e. The van der Waals surface area contributed by atoms with Crippen LogP contribution >= 0.6 is 0 Å². The number of piperazine rings is 1. The number of fused-ring (bicyclic) bond motifs is 1. The maximum atomic E-state index is 12.7. The first-order valence-corrected chi connectivity index (χ1v) is 7.51. The van der Waals surface area contributed by atoms with E-state index in [1.807, 2.05) is 0 Å². The van der Waals surface area contributed by atoms with E-state index in [-0.39, 0.29) is 17.9 Å². The standard InChI is InChI=1S/C14H21N5O2/c1-15-13(20)11-8-19(7-6-16-11)14(21)12-9-4-2-3-5-10(9)17-18-12/h11,16H,2-8H2,1H3,(H,15,20)(H,17,18)/t11-/m1/s1. The summed E-state index contributed by atoms with van der Waals surface area (Å²) in [6.07, 6.45) is 4.14. The van der Waals surface area contributed by atoms with Crippen molar-refractivity contribution in [3.8, 4) is 0 Å². The molecule has 21 heavy (non-hydrogen) atoms. The molecule has 3 rings (SSSR count). The number of amides is 2. The lowest BCUT2D eigenvalue weighted by atomic mass is 9.95. The van der Waals surface area contributed by atoms with Gasteiger partial charge < -0.3 is 15.5 Å². The summed E-state index contributed by atoms with van der Waals surface area (Å²) in [5.74, 6) is -0.152. The largest absolute Gasteiger partial charge is 0.358 e. The quantitative estimate of drug-likeness (QED) is 0.682. The zero-order chi connectivity index (χ0) is 14.8. The average Bonchev–Trinajstić information content (AvgIpc) is 2.97. The number of carbonyl (C=O) groups is 2. The van der Waals surface area contributed by atoms with Crippen LogP contribution in [-0.2, 0) is 17.6 Å². The Hall–Kier alpha value is -1.89. The van der Waals surface area contributed by atoms with Crippen LogP contribution in [0.2, 0.25) is 0 Å². The highest BCUT2D eigenvalue weighted by molar-refractivity contribution is 5.95. The molecule has 0 spiro atoms. The molecule has 1 saturated heterocycles. The Labute approximate surface area is 123 Å². The molecule has 0 saturated carbocycles. The van der Waals surface area contributed by atoms with Crippen molar-refractivity contribution in [2.45, 2.75) is 31.7 Å². The van der Waals surface area contributed by atoms with Crippen molar-refractivity contribution < 1.29 is 9.59 Å². The van der Waals surface area contributed by atoms with E-state index in [4.69, 9.17) is 0 Å². The molecule has 0 unspecified atom stereocenters. The van der Waals surface area contributed by atoms with Gasteiger partial charge in [-0.05, 0) is 25.7 Å². The van der Waals surface area contributed by atoms with Crippen molar-refractivity contribution in [2.75, 3.05) is 26.7 Å². The molecule has 1 aliphatic heterocycles. The number of likely N-dealkylation sites (N-methyl/N-ethyl adjacent to an activating group) is 1. The highest BCUT2D eigenvalue weighted by atomic mass is 16.2. The number of aryl methyl sites for hydroxylation is 1. The van der Waals surface area contributed by atoms with E-state index in [0.717, 1.165) is 36.9 Å². The maximum Gasteiger partial charge on any atom is 0.274 e. The summed E-state index contributed by atoms with van der Waals surface area (Å²) in [5, 5.41) is 13.0. The summed E-state index contributed by atoms with van der Waals surface area (Å²) >= 11 is 0. The zero-order valence-electron chi connectivity index (χ0n) is 12.2. The second kappa shape index (κ2) is 5.85. The Morgan fingerprint density at radius 3 is 2.95 bits per heavy atom. The molecule has 2 heterocycles. The van der Waals surface area contributed by atoms with Gasteiger partial charge in [-0.2, -0.15) is 5.10 Å². The molecular formula is C14H21N5O2. The fraction of sp³-hybridized carbons (Fsp3) is 0.643. The monoisotopic (exact) mass is 291 g/mol. The van der Waals surface area contributed by atoms with Crippen LogP contribution < -0.4 is 10.6 Å². The normalized spacial score (nSPS) is 21.8. The van der Waals surface area contributed by atoms with Gasteiger partial charge in [0.2, 0.25) is 5.91 Å². The van der Waals surface area contributed by atoms with Gasteiger partial charge in [0, 0.05) is 37.9 Å². The van der Waals surface area contributed by atoms with E-state index in [9.17, 15) is 9.59 Å². The Morgan fingerprint density at radius 1 is 1.33 bits per heavy atom. The Kier molecular flexibility index (Phi) is 3.92. The molecular weight excluding hydrogens is 270 g/mol. The van der Waals surface area contributed by atoms with Gasteiger partial charge >= 0.3 is 0 Å². The van der Waals surface area contributed by atoms with E-state index >= 15 is 0 Å². The van der Waals surface area contributed by atoms with E-state index < -0.39 is 0 Å². The van der Waals surface area contributed by atoms with Gasteiger partial charge in [0.25, 0.3) is 5.91 Å². The third-order valence-electron chi connectivity index (χ3n) is 4.28. The zero-order valence-corrected chi connectivity index (χ0v) is 12.2. The van der Waals surface area contributed by atoms with Crippen molar-refractivity contribution in [1.82, 2.24) is 25.7 Å². The molecule has 0 aromatic carbocycles. The molecule has 2 amide bonds. The number of carbonyl (C=O) groups excluding carboxylic acids is 2. The first kappa shape index (κ1) is 14.1. The molecule has 0 radical (unpaired) electrons. The van der Waals surface area contributed by atoms with Crippen molar-refractivity contribution in [2.24, 2.45) is 0 Å². The predicted molar refractivity (Wildman–Crippen MR) is 77.0 cm³/mol. The van der Waals surface area contributed by atoms with Gasteiger partial charge in [-0.15, -0.1) is 0 Å². The van der Waals surface area contributed by atoms with Crippen molar-refractivity contribution in [1.29, 1.82) is 0 Å². The summed E-state index contributed by atoms with van der Waals surface area (Å²) in [4.78, 5) is 26.1. The fourth-order valence-corrected chi connectivity index (χ4v) is 3.09. The number of nitrogens with zero attached hydrogens (tertiary/aromatic N) is 2. The Morgan fingerprint density at radius 2 is 2.14 bits per heavy atom. The summed E-state index contributed by atoms with van der Waals surface area (Å²) in [5.41, 5.74) is 2.71. The van der Waals surface area contributed by atoms with Gasteiger partial charge in [0.15, 0.2) is 5.69 Å². The second-order valence-electron chi connectivity index (χ2n) is 5.61. The van der Waals surface area contributed by atoms with Gasteiger partial charge in [-0.25, -0.2) is 0 Å². The number of aromatic nitrogens is 2. The minimum absolute atomic E-state index is 0.0650. The molecule has 114 valence electrons. The number of aromatic amines is 1. The SMILES string of the molecule is CNC(=O)[C@H]1CN(C(=O)c2n[nH]c3c2CCCC3)CCN1. The summed E-state index contributed by atoms with van der Waals surface area (Å²) in [7, 11) is 1.61. The van der Waals surface area contributed by atoms with E-state index in [1.54, 1.807) is 11.9 Å². The van der Waals surface area contributed by atoms with Crippen LogP contribution in [0.5, 0.6) is 0 Å². The van der Waals surface area contributed by atoms with Crippen LogP contribution in [0, 0.1) is 0 Å². The number of rotatable bonds is 2. The van der Waals surface area contributed by atoms with Crippen LogP contribution in [0.15, 0.2) is 0 Å². The number of hydrogen-bond donors (Lipinski definition) is 3. The topological polar surface area (TPSA) is 90.1 Å². The van der Waals surface area contributed by atoms with Crippen molar-refractivity contribution in [3.05, 3.63) is 17.0 Å². The first-order chi connectivity index (χ1) is 10.2. The third-order valence-corrected chi connectivity index (χ3v) is 4.28. The van der Waals surface area contributed by atoms with E-state index in [1.165, 1.54) is 0 Å². The van der Waals surface area contributed by atoms with Crippen LogP contribution in [0.4, 0.5) is 0 Å². The Bertz CT molecular complexity index is 554. The summed E-state index contributed by atoms with van der Waals surface area (Å²) in [6.45, 7) is 1.62. The van der Waals surface area contributed by atoms with Gasteiger partial charge in [-0.1, -0.05) is 0 Å². The summed E-state index contributed by atoms with van der Waals surface area (Å²) in [6, 6.07) is -0.345. The predicted octanol–water partition coefficient (Wildman–Crippen LogP) is -0.551. The summed E-state index contributed by atoms with van der Waals surface area (Å²) < 4.78 is 0. The smallest absolute Gasteiger partial charge is 0.274 e. The lowest BCUT2D eigenvalue weighted by Crippen LogP contribution is -2.58. The van der Waals surface area contributed by atoms with Crippen LogP contribution in [0.25, 0.3) is 0 Å². The van der Waals surface area contributed by atoms with Crippen LogP contribution in [0.1, 0.15) is 34.6 Å². The molecule has 3 N–H and O–H groups in total. The van der Waals surface area contributed by atoms with Gasteiger partial charge in [0.05, 0.1) is 0 Å². The fourth-order valence-electron chi connectivity index (χ4n) is 3.09. The first-order valence-electron chi connectivity index (χ1n) is 7.51. The minimum atomic E-state index is -0.345. The maximum absolute atomic E-state index is 12.7.